The van der Waals surface area contributed by atoms with Gasteiger partial charge in [-0.1, -0.05) is 12.0 Å². The number of terminal acetylenes is 1. The zero-order valence-corrected chi connectivity index (χ0v) is 29.7. The number of likely N-dealkylation sites (tertiary alicyclic amines) is 1. The first kappa shape index (κ1) is 34.8. The Balaban J connectivity index is 1.16. The van der Waals surface area contributed by atoms with E-state index in [-0.39, 0.29) is 67.5 Å². The second kappa shape index (κ2) is 12.9. The fourth-order valence-electron chi connectivity index (χ4n) is 9.01. The lowest BCUT2D eigenvalue weighted by Crippen LogP contribution is -2.51. The molecule has 4 aliphatic heterocycles. The zero-order chi connectivity index (χ0) is 36.7. The lowest BCUT2D eigenvalue weighted by Gasteiger charge is -2.34. The van der Waals surface area contributed by atoms with Crippen LogP contribution in [0.15, 0.2) is 35.2 Å². The van der Waals surface area contributed by atoms with Crippen LogP contribution in [0, 0.1) is 34.8 Å². The summed E-state index contributed by atoms with van der Waals surface area (Å²) < 4.78 is 87.3. The van der Waals surface area contributed by atoms with E-state index in [1.807, 2.05) is 4.90 Å². The number of thioether (sulfide) groups is 1. The number of nitrogens with one attached hydrogen (secondary N) is 1. The Kier molecular flexibility index (Phi) is 8.45. The number of benzene rings is 3. The molecular weight excluding hydrogens is 714 g/mol. The minimum absolute atomic E-state index is 0.000502. The summed E-state index contributed by atoms with van der Waals surface area (Å²) in [6, 6.07) is 6.33. The number of nitrogens with zero attached hydrogens (tertiary/aromatic N) is 4. The molecule has 5 aliphatic rings. The van der Waals surface area contributed by atoms with Gasteiger partial charge in [0.2, 0.25) is 0 Å². The summed E-state index contributed by atoms with van der Waals surface area (Å²) >= 11 is -0.497. The lowest BCUT2D eigenvalue weighted by atomic mass is 9.87. The molecule has 278 valence electrons. The van der Waals surface area contributed by atoms with Gasteiger partial charge in [0, 0.05) is 76.9 Å². The SMILES string of the molecule is C#Cc1c(F)ccc2cc(O)cc(-c3c(SC(F)(F)F)cc4c(N5CC6CCC(C5)N6)nc(OCC5(CN6CCC7(CCOC7)C6)CC5)nc4c3F)c12. The number of rotatable bonds is 8. The quantitative estimate of drug-likeness (QED) is 0.110. The first-order chi connectivity index (χ1) is 25.4. The van der Waals surface area contributed by atoms with Crippen LogP contribution in [0.5, 0.6) is 11.8 Å². The third-order valence-corrected chi connectivity index (χ3v) is 12.6. The van der Waals surface area contributed by atoms with Crippen LogP contribution in [0.25, 0.3) is 32.8 Å². The Labute approximate surface area is 307 Å². The number of phenolic OH excluding ortho intramolecular Hbond substituents is 1. The molecule has 4 aromatic rings. The van der Waals surface area contributed by atoms with Crippen molar-refractivity contribution >= 4 is 39.3 Å². The van der Waals surface area contributed by atoms with Crippen molar-refractivity contribution in [2.45, 2.75) is 61.0 Å². The van der Waals surface area contributed by atoms with Gasteiger partial charge in [0.05, 0.1) is 18.8 Å². The summed E-state index contributed by atoms with van der Waals surface area (Å²) in [6.45, 7) is 5.79. The predicted octanol–water partition coefficient (Wildman–Crippen LogP) is 7.24. The molecule has 0 radical (unpaired) electrons. The van der Waals surface area contributed by atoms with E-state index in [1.54, 1.807) is 0 Å². The number of aromatic nitrogens is 2. The molecule has 1 spiro atoms. The molecule has 3 aromatic carbocycles. The first-order valence-electron chi connectivity index (χ1n) is 18.1. The van der Waals surface area contributed by atoms with Crippen LogP contribution in [0.4, 0.5) is 27.8 Å². The summed E-state index contributed by atoms with van der Waals surface area (Å²) in [5, 5.41) is 14.6. The van der Waals surface area contributed by atoms with Gasteiger partial charge in [-0.05, 0) is 92.0 Å². The molecule has 4 saturated heterocycles. The number of fused-ring (bicyclic) bond motifs is 4. The molecule has 2 N–H and O–H groups in total. The van der Waals surface area contributed by atoms with E-state index < -0.39 is 39.4 Å². The van der Waals surface area contributed by atoms with Crippen molar-refractivity contribution in [2.24, 2.45) is 10.8 Å². The number of hydrogen-bond donors (Lipinski definition) is 2. The predicted molar refractivity (Wildman–Crippen MR) is 192 cm³/mol. The molecule has 0 amide bonds. The van der Waals surface area contributed by atoms with E-state index >= 15 is 8.78 Å². The Morgan fingerprint density at radius 1 is 1.08 bits per heavy atom. The number of piperazine rings is 1. The second-order valence-electron chi connectivity index (χ2n) is 15.6. The van der Waals surface area contributed by atoms with E-state index in [4.69, 9.17) is 20.9 Å². The summed E-state index contributed by atoms with van der Waals surface area (Å²) in [5.74, 6) is 0.322. The van der Waals surface area contributed by atoms with Crippen molar-refractivity contribution in [3.63, 3.8) is 0 Å². The van der Waals surface area contributed by atoms with E-state index in [1.165, 1.54) is 18.2 Å². The van der Waals surface area contributed by atoms with E-state index in [9.17, 15) is 18.3 Å². The molecule has 14 heteroatoms. The molecule has 5 fully saturated rings. The number of halogens is 5. The highest BCUT2D eigenvalue weighted by atomic mass is 32.2. The van der Waals surface area contributed by atoms with Gasteiger partial charge in [0.1, 0.15) is 22.9 Å². The van der Waals surface area contributed by atoms with Crippen molar-refractivity contribution in [3.05, 3.63) is 47.5 Å². The van der Waals surface area contributed by atoms with Gasteiger partial charge in [-0.15, -0.1) is 6.42 Å². The van der Waals surface area contributed by atoms with E-state index in [2.05, 4.69) is 21.1 Å². The van der Waals surface area contributed by atoms with Crippen molar-refractivity contribution in [2.75, 3.05) is 57.4 Å². The van der Waals surface area contributed by atoms with Gasteiger partial charge in [-0.25, -0.2) is 8.78 Å². The molecule has 3 unspecified atom stereocenters. The third kappa shape index (κ3) is 6.53. The van der Waals surface area contributed by atoms with Crippen LogP contribution < -0.4 is 15.0 Å². The lowest BCUT2D eigenvalue weighted by molar-refractivity contribution is -0.0328. The topological polar surface area (TPSA) is 83.0 Å². The average molecular weight is 752 g/mol. The Morgan fingerprint density at radius 3 is 2.57 bits per heavy atom. The van der Waals surface area contributed by atoms with Gasteiger partial charge in [-0.3, -0.25) is 0 Å². The molecule has 53 heavy (non-hydrogen) atoms. The maximum absolute atomic E-state index is 17.4. The highest BCUT2D eigenvalue weighted by molar-refractivity contribution is 8.00. The molecule has 9 rings (SSSR count). The molecule has 1 saturated carbocycles. The fourth-order valence-corrected chi connectivity index (χ4v) is 9.74. The maximum Gasteiger partial charge on any atom is 0.446 e. The third-order valence-electron chi connectivity index (χ3n) is 11.8. The minimum Gasteiger partial charge on any atom is -0.508 e. The summed E-state index contributed by atoms with van der Waals surface area (Å²) in [6.07, 6.45) is 11.7. The number of alkyl halides is 3. The molecule has 2 bridgehead atoms. The van der Waals surface area contributed by atoms with Crippen LogP contribution >= 0.6 is 11.8 Å². The Hall–Kier alpha value is -3.90. The number of phenols is 1. The highest BCUT2D eigenvalue weighted by Gasteiger charge is 2.49. The largest absolute Gasteiger partial charge is 0.508 e. The van der Waals surface area contributed by atoms with Gasteiger partial charge >= 0.3 is 11.5 Å². The summed E-state index contributed by atoms with van der Waals surface area (Å²) in [7, 11) is 0. The van der Waals surface area contributed by atoms with Gasteiger partial charge in [-0.2, -0.15) is 23.1 Å². The molecule has 8 nitrogen and oxygen atoms in total. The van der Waals surface area contributed by atoms with Crippen LogP contribution in [0.3, 0.4) is 0 Å². The molecular formula is C39H38F5N5O3S. The normalized spacial score (nSPS) is 25.2. The standard InChI is InChI=1S/C39H38F5N5O3S/c1-2-26-29(40)6-3-22-13-25(50)14-27(31(22)26)32-30(53-39(42,43)44)15-28-34(33(32)41)46-36(47-35(28)49-16-23-4-5-24(17-49)45-23)52-21-37(7-8-37)18-48-11-9-38(19-48)10-12-51-20-38/h1,3,6,13-15,23-24,45,50H,4-5,7-12,16-21H2. The van der Waals surface area contributed by atoms with Crippen LogP contribution in [-0.2, 0) is 4.74 Å². The molecule has 5 heterocycles. The maximum atomic E-state index is 17.4. The number of hydrogen-bond acceptors (Lipinski definition) is 9. The Morgan fingerprint density at radius 2 is 1.87 bits per heavy atom. The zero-order valence-electron chi connectivity index (χ0n) is 28.9. The minimum atomic E-state index is -4.82. The second-order valence-corrected chi connectivity index (χ2v) is 16.7. The molecule has 1 aromatic heterocycles. The smallest absolute Gasteiger partial charge is 0.446 e. The number of ether oxygens (including phenoxy) is 2. The molecule has 3 atom stereocenters. The monoisotopic (exact) mass is 751 g/mol. The number of anilines is 1. The summed E-state index contributed by atoms with van der Waals surface area (Å²) in [4.78, 5) is 13.3. The van der Waals surface area contributed by atoms with Crippen molar-refractivity contribution < 1.29 is 36.5 Å². The average Bonchev–Trinajstić information content (AvgIpc) is 3.37. The van der Waals surface area contributed by atoms with E-state index in [0.717, 1.165) is 83.5 Å². The van der Waals surface area contributed by atoms with Crippen molar-refractivity contribution in [3.8, 4) is 35.2 Å². The van der Waals surface area contributed by atoms with Crippen LogP contribution in [0.2, 0.25) is 0 Å². The Bertz CT molecular complexity index is 2150. The fraction of sp³-hybridized carbons (Fsp3) is 0.487. The van der Waals surface area contributed by atoms with E-state index in [0.29, 0.717) is 25.5 Å². The first-order valence-corrected chi connectivity index (χ1v) is 18.9. The van der Waals surface area contributed by atoms with Gasteiger partial charge in [0.25, 0.3) is 0 Å². The number of aromatic hydroxyl groups is 1. The van der Waals surface area contributed by atoms with Gasteiger partial charge in [0.15, 0.2) is 5.82 Å². The van der Waals surface area contributed by atoms with Gasteiger partial charge < -0.3 is 29.7 Å². The highest BCUT2D eigenvalue weighted by Crippen LogP contribution is 2.51. The van der Waals surface area contributed by atoms with Crippen LogP contribution in [-0.4, -0.2) is 90.1 Å². The van der Waals surface area contributed by atoms with Crippen molar-refractivity contribution in [1.29, 1.82) is 0 Å². The van der Waals surface area contributed by atoms with Crippen molar-refractivity contribution in [1.82, 2.24) is 20.2 Å². The van der Waals surface area contributed by atoms with Crippen LogP contribution in [0.1, 0.15) is 44.1 Å². The summed E-state index contributed by atoms with van der Waals surface area (Å²) in [5.41, 5.74) is -5.89. The molecule has 1 aliphatic carbocycles.